The zero-order chi connectivity index (χ0) is 24.2. The normalized spacial score (nSPS) is 15.5. The summed E-state index contributed by atoms with van der Waals surface area (Å²) in [5.74, 6) is 0.528. The van der Waals surface area contributed by atoms with Crippen molar-refractivity contribution in [2.75, 3.05) is 29.9 Å². The Kier molecular flexibility index (Phi) is 6.84. The van der Waals surface area contributed by atoms with Crippen molar-refractivity contribution in [3.8, 4) is 11.1 Å². The number of nitrogens with zero attached hydrogens (tertiary/aromatic N) is 1. The maximum Gasteiger partial charge on any atom is 0.255 e. The summed E-state index contributed by atoms with van der Waals surface area (Å²) in [5.41, 5.74) is 6.37. The van der Waals surface area contributed by atoms with Crippen LogP contribution in [0.1, 0.15) is 58.4 Å². The summed E-state index contributed by atoms with van der Waals surface area (Å²) in [7, 11) is 0. The monoisotopic (exact) mass is 467 g/mol. The first-order valence-corrected chi connectivity index (χ1v) is 12.7. The second-order valence-electron chi connectivity index (χ2n) is 9.81. The molecule has 35 heavy (non-hydrogen) atoms. The fourth-order valence-corrected chi connectivity index (χ4v) is 4.67. The standard InChI is InChI=1S/C30H33N3O2/c1-21-8-15-26(32-30(35)25-6-5-7-27(18-25)33-16-3-2-4-17-33)19-28(21)23-11-13-24(14-12-23)29(34)31-20-22-9-10-22/h5-8,11-15,18-19,22H,2-4,9-10,16-17,20H2,1H3,(H,31,34)(H,32,35). The summed E-state index contributed by atoms with van der Waals surface area (Å²) >= 11 is 0. The van der Waals surface area contributed by atoms with Gasteiger partial charge in [-0.2, -0.15) is 0 Å². The lowest BCUT2D eigenvalue weighted by atomic mass is 9.98. The molecule has 5 heteroatoms. The first kappa shape index (κ1) is 23.2. The summed E-state index contributed by atoms with van der Waals surface area (Å²) < 4.78 is 0. The Balaban J connectivity index is 1.28. The summed E-state index contributed by atoms with van der Waals surface area (Å²) in [5, 5.41) is 6.08. The number of nitrogens with one attached hydrogen (secondary N) is 2. The Labute approximate surface area is 207 Å². The number of benzene rings is 3. The molecule has 1 aliphatic carbocycles. The smallest absolute Gasteiger partial charge is 0.255 e. The lowest BCUT2D eigenvalue weighted by molar-refractivity contribution is 0.0951. The highest BCUT2D eigenvalue weighted by molar-refractivity contribution is 6.05. The van der Waals surface area contributed by atoms with Crippen LogP contribution in [0.4, 0.5) is 11.4 Å². The third kappa shape index (κ3) is 5.73. The molecule has 1 saturated heterocycles. The Hall–Kier alpha value is -3.60. The molecule has 5 nitrogen and oxygen atoms in total. The van der Waals surface area contributed by atoms with Gasteiger partial charge in [0.05, 0.1) is 0 Å². The molecular weight excluding hydrogens is 434 g/mol. The van der Waals surface area contributed by atoms with E-state index in [2.05, 4.69) is 28.5 Å². The topological polar surface area (TPSA) is 61.4 Å². The molecular formula is C30H33N3O2. The van der Waals surface area contributed by atoms with Gasteiger partial charge in [-0.25, -0.2) is 0 Å². The minimum absolute atomic E-state index is 0.0204. The van der Waals surface area contributed by atoms with Crippen LogP contribution >= 0.6 is 0 Å². The van der Waals surface area contributed by atoms with Crippen molar-refractivity contribution in [1.29, 1.82) is 0 Å². The molecule has 1 saturated carbocycles. The van der Waals surface area contributed by atoms with Gasteiger partial charge in [-0.3, -0.25) is 9.59 Å². The van der Waals surface area contributed by atoms with Gasteiger partial charge in [0.1, 0.15) is 0 Å². The molecule has 3 aromatic rings. The van der Waals surface area contributed by atoms with E-state index in [1.165, 1.54) is 32.1 Å². The molecule has 0 atom stereocenters. The molecule has 5 rings (SSSR count). The maximum absolute atomic E-state index is 13.0. The molecule has 0 unspecified atom stereocenters. The number of piperidine rings is 1. The van der Waals surface area contributed by atoms with E-state index >= 15 is 0 Å². The Morgan fingerprint density at radius 2 is 1.63 bits per heavy atom. The summed E-state index contributed by atoms with van der Waals surface area (Å²) in [6.45, 7) is 4.92. The van der Waals surface area contributed by atoms with Gasteiger partial charge in [0.15, 0.2) is 0 Å². The van der Waals surface area contributed by atoms with Gasteiger partial charge < -0.3 is 15.5 Å². The van der Waals surface area contributed by atoms with Gasteiger partial charge in [0.2, 0.25) is 0 Å². The number of carbonyl (C=O) groups excluding carboxylic acids is 2. The molecule has 2 aliphatic rings. The zero-order valence-corrected chi connectivity index (χ0v) is 20.3. The predicted octanol–water partition coefficient (Wildman–Crippen LogP) is 6.04. The van der Waals surface area contributed by atoms with Crippen LogP contribution in [-0.2, 0) is 0 Å². The highest BCUT2D eigenvalue weighted by atomic mass is 16.2. The van der Waals surface area contributed by atoms with Gasteiger partial charge in [-0.1, -0.05) is 24.3 Å². The quantitative estimate of drug-likeness (QED) is 0.445. The maximum atomic E-state index is 13.0. The summed E-state index contributed by atoms with van der Waals surface area (Å²) in [4.78, 5) is 27.8. The molecule has 1 heterocycles. The van der Waals surface area contributed by atoms with Gasteiger partial charge in [-0.15, -0.1) is 0 Å². The van der Waals surface area contributed by atoms with Crippen LogP contribution in [0.2, 0.25) is 0 Å². The summed E-state index contributed by atoms with van der Waals surface area (Å²) in [6, 6.07) is 21.5. The van der Waals surface area contributed by atoms with Crippen LogP contribution in [0, 0.1) is 12.8 Å². The van der Waals surface area contributed by atoms with Gasteiger partial charge in [0.25, 0.3) is 11.8 Å². The largest absolute Gasteiger partial charge is 0.372 e. The van der Waals surface area contributed by atoms with Crippen molar-refractivity contribution in [1.82, 2.24) is 5.32 Å². The number of hydrogen-bond acceptors (Lipinski definition) is 3. The molecule has 2 N–H and O–H groups in total. The molecule has 1 aliphatic heterocycles. The minimum atomic E-state index is -0.110. The number of amides is 2. The van der Waals surface area contributed by atoms with Crippen molar-refractivity contribution in [2.24, 2.45) is 5.92 Å². The lowest BCUT2D eigenvalue weighted by Gasteiger charge is -2.29. The molecule has 180 valence electrons. The third-order valence-electron chi connectivity index (χ3n) is 7.03. The number of carbonyl (C=O) groups is 2. The molecule has 2 fully saturated rings. The van der Waals surface area contributed by atoms with Gasteiger partial charge in [-0.05, 0) is 104 Å². The number of hydrogen-bond donors (Lipinski definition) is 2. The van der Waals surface area contributed by atoms with Crippen LogP contribution in [-0.4, -0.2) is 31.4 Å². The first-order chi connectivity index (χ1) is 17.1. The van der Waals surface area contributed by atoms with Gasteiger partial charge in [0, 0.05) is 42.1 Å². The van der Waals surface area contributed by atoms with Crippen LogP contribution in [0.5, 0.6) is 0 Å². The van der Waals surface area contributed by atoms with E-state index in [-0.39, 0.29) is 11.8 Å². The Bertz CT molecular complexity index is 1210. The van der Waals surface area contributed by atoms with Crippen LogP contribution in [0.3, 0.4) is 0 Å². The first-order valence-electron chi connectivity index (χ1n) is 12.7. The average molecular weight is 468 g/mol. The van der Waals surface area contributed by atoms with Gasteiger partial charge >= 0.3 is 0 Å². The van der Waals surface area contributed by atoms with E-state index < -0.39 is 0 Å². The molecule has 3 aromatic carbocycles. The Morgan fingerprint density at radius 3 is 2.37 bits per heavy atom. The number of rotatable bonds is 7. The van der Waals surface area contributed by atoms with Crippen LogP contribution in [0.15, 0.2) is 66.7 Å². The van der Waals surface area contributed by atoms with Crippen LogP contribution < -0.4 is 15.5 Å². The lowest BCUT2D eigenvalue weighted by Crippen LogP contribution is -2.29. The Morgan fingerprint density at radius 1 is 0.857 bits per heavy atom. The van der Waals surface area contributed by atoms with E-state index in [9.17, 15) is 9.59 Å². The van der Waals surface area contributed by atoms with E-state index in [4.69, 9.17) is 0 Å². The SMILES string of the molecule is Cc1ccc(NC(=O)c2cccc(N3CCCCC3)c2)cc1-c1ccc(C(=O)NCC2CC2)cc1. The van der Waals surface area contributed by atoms with E-state index in [1.54, 1.807) is 0 Å². The second kappa shape index (κ2) is 10.3. The fourth-order valence-electron chi connectivity index (χ4n) is 4.67. The van der Waals surface area contributed by atoms with Crippen molar-refractivity contribution in [2.45, 2.75) is 39.0 Å². The summed E-state index contributed by atoms with van der Waals surface area (Å²) in [6.07, 6.45) is 6.12. The molecule has 0 radical (unpaired) electrons. The van der Waals surface area contributed by atoms with Crippen LogP contribution in [0.25, 0.3) is 11.1 Å². The van der Waals surface area contributed by atoms with Crippen molar-refractivity contribution in [3.05, 3.63) is 83.4 Å². The molecule has 0 spiro atoms. The predicted molar refractivity (Wildman–Crippen MR) is 142 cm³/mol. The number of anilines is 2. The highest BCUT2D eigenvalue weighted by Crippen LogP contribution is 2.29. The van der Waals surface area contributed by atoms with E-state index in [1.807, 2.05) is 60.7 Å². The fraction of sp³-hybridized carbons (Fsp3) is 0.333. The van der Waals surface area contributed by atoms with Crippen molar-refractivity contribution < 1.29 is 9.59 Å². The molecule has 0 aromatic heterocycles. The minimum Gasteiger partial charge on any atom is -0.372 e. The third-order valence-corrected chi connectivity index (χ3v) is 7.03. The van der Waals surface area contributed by atoms with Crippen molar-refractivity contribution in [3.63, 3.8) is 0 Å². The van der Waals surface area contributed by atoms with E-state index in [0.29, 0.717) is 17.0 Å². The molecule has 0 bridgehead atoms. The second-order valence-corrected chi connectivity index (χ2v) is 9.81. The molecule has 2 amide bonds. The highest BCUT2D eigenvalue weighted by Gasteiger charge is 2.22. The average Bonchev–Trinajstić information content (AvgIpc) is 3.74. The van der Waals surface area contributed by atoms with Crippen molar-refractivity contribution >= 4 is 23.2 Å². The zero-order valence-electron chi connectivity index (χ0n) is 20.3. The number of aryl methyl sites for hydroxylation is 1. The van der Waals surface area contributed by atoms with E-state index in [0.717, 1.165) is 47.7 Å².